The topological polar surface area (TPSA) is 84.0 Å². The number of amides is 3. The molecule has 0 spiro atoms. The highest BCUT2D eigenvalue weighted by molar-refractivity contribution is 8.18. The van der Waals surface area contributed by atoms with Gasteiger partial charge in [-0.15, -0.1) is 0 Å². The quantitative estimate of drug-likeness (QED) is 0.465. The van der Waals surface area contributed by atoms with Crippen LogP contribution in [-0.4, -0.2) is 59.1 Å². The second kappa shape index (κ2) is 10.7. The summed E-state index contributed by atoms with van der Waals surface area (Å²) in [5.74, 6) is -1.23. The van der Waals surface area contributed by atoms with Crippen LogP contribution in [0.1, 0.15) is 32.3 Å². The summed E-state index contributed by atoms with van der Waals surface area (Å²) in [5.41, 5.74) is 0.807. The van der Waals surface area contributed by atoms with Gasteiger partial charge in [0.15, 0.2) is 0 Å². The molecule has 0 aromatic heterocycles. The Morgan fingerprint density at radius 2 is 1.86 bits per heavy atom. The summed E-state index contributed by atoms with van der Waals surface area (Å²) in [5, 5.41) is -0.470. The largest absolute Gasteiger partial charge is 0.466 e. The standard InChI is InChI=1S/C20H24N2O5S/c1-3-11-21(12-10-18(24)27-4-2)17(23)14-22-19(25)16(28-20(22)26)13-15-8-6-5-7-9-15/h5-9,13H,3-4,10-12,14H2,1-2H3/b16-13+. The third-order valence-electron chi connectivity index (χ3n) is 4.00. The summed E-state index contributed by atoms with van der Waals surface area (Å²) in [6, 6.07) is 9.20. The first-order chi connectivity index (χ1) is 13.5. The minimum atomic E-state index is -0.478. The molecule has 1 saturated heterocycles. The second-order valence-electron chi connectivity index (χ2n) is 6.11. The number of carbonyl (C=O) groups excluding carboxylic acids is 4. The Morgan fingerprint density at radius 3 is 2.50 bits per heavy atom. The van der Waals surface area contributed by atoms with Gasteiger partial charge in [-0.1, -0.05) is 37.3 Å². The molecule has 28 heavy (non-hydrogen) atoms. The number of hydrogen-bond donors (Lipinski definition) is 0. The van der Waals surface area contributed by atoms with Gasteiger partial charge in [0.25, 0.3) is 11.1 Å². The van der Waals surface area contributed by atoms with E-state index in [0.29, 0.717) is 13.0 Å². The Labute approximate surface area is 168 Å². The molecule has 0 unspecified atom stereocenters. The van der Waals surface area contributed by atoms with Gasteiger partial charge in [-0.05, 0) is 36.7 Å². The molecule has 150 valence electrons. The van der Waals surface area contributed by atoms with Crippen LogP contribution in [0.3, 0.4) is 0 Å². The molecular weight excluding hydrogens is 380 g/mol. The molecule has 3 amide bonds. The number of ether oxygens (including phenoxy) is 1. The number of carbonyl (C=O) groups is 4. The molecule has 0 bridgehead atoms. The van der Waals surface area contributed by atoms with E-state index >= 15 is 0 Å². The SMILES string of the molecule is CCCN(CCC(=O)OCC)C(=O)CN1C(=O)S/C(=C/c2ccccc2)C1=O. The molecule has 8 heteroatoms. The van der Waals surface area contributed by atoms with Crippen LogP contribution < -0.4 is 0 Å². The van der Waals surface area contributed by atoms with Gasteiger partial charge in [-0.2, -0.15) is 0 Å². The average Bonchev–Trinajstić information content (AvgIpc) is 2.93. The summed E-state index contributed by atoms with van der Waals surface area (Å²) in [6.45, 7) is 4.21. The zero-order valence-electron chi connectivity index (χ0n) is 16.1. The third-order valence-corrected chi connectivity index (χ3v) is 4.91. The number of thioether (sulfide) groups is 1. The van der Waals surface area contributed by atoms with E-state index in [1.165, 1.54) is 4.90 Å². The predicted molar refractivity (Wildman–Crippen MR) is 107 cm³/mol. The first-order valence-corrected chi connectivity index (χ1v) is 10.0. The predicted octanol–water partition coefficient (Wildman–Crippen LogP) is 2.91. The Hall–Kier alpha value is -2.61. The van der Waals surface area contributed by atoms with Crippen molar-refractivity contribution in [2.45, 2.75) is 26.7 Å². The van der Waals surface area contributed by atoms with E-state index in [1.54, 1.807) is 13.0 Å². The first-order valence-electron chi connectivity index (χ1n) is 9.20. The number of hydrogen-bond acceptors (Lipinski definition) is 6. The molecule has 7 nitrogen and oxygen atoms in total. The highest BCUT2D eigenvalue weighted by Gasteiger charge is 2.37. The molecule has 0 saturated carbocycles. The van der Waals surface area contributed by atoms with E-state index in [2.05, 4.69) is 0 Å². The monoisotopic (exact) mass is 404 g/mol. The molecule has 0 atom stereocenters. The van der Waals surface area contributed by atoms with E-state index in [4.69, 9.17) is 4.74 Å². The van der Waals surface area contributed by atoms with Crippen molar-refractivity contribution in [3.63, 3.8) is 0 Å². The Bertz CT molecular complexity index is 763. The van der Waals surface area contributed by atoms with Crippen molar-refractivity contribution in [1.82, 2.24) is 9.80 Å². The van der Waals surface area contributed by atoms with Gasteiger partial charge < -0.3 is 9.64 Å². The Balaban J connectivity index is 2.02. The highest BCUT2D eigenvalue weighted by Crippen LogP contribution is 2.32. The van der Waals surface area contributed by atoms with E-state index < -0.39 is 11.1 Å². The lowest BCUT2D eigenvalue weighted by Gasteiger charge is -2.23. The van der Waals surface area contributed by atoms with Crippen molar-refractivity contribution in [3.05, 3.63) is 40.8 Å². The summed E-state index contributed by atoms with van der Waals surface area (Å²) in [6.07, 6.45) is 2.42. The van der Waals surface area contributed by atoms with Gasteiger partial charge >= 0.3 is 5.97 Å². The van der Waals surface area contributed by atoms with Crippen LogP contribution in [0.2, 0.25) is 0 Å². The van der Waals surface area contributed by atoms with Crippen molar-refractivity contribution in [2.75, 3.05) is 26.2 Å². The van der Waals surface area contributed by atoms with Gasteiger partial charge in [-0.3, -0.25) is 24.1 Å². The highest BCUT2D eigenvalue weighted by atomic mass is 32.2. The summed E-state index contributed by atoms with van der Waals surface area (Å²) < 4.78 is 4.88. The van der Waals surface area contributed by atoms with Crippen LogP contribution in [0.5, 0.6) is 0 Å². The van der Waals surface area contributed by atoms with Gasteiger partial charge in [0, 0.05) is 13.1 Å². The van der Waals surface area contributed by atoms with E-state index in [9.17, 15) is 19.2 Å². The number of nitrogens with zero attached hydrogens (tertiary/aromatic N) is 2. The smallest absolute Gasteiger partial charge is 0.307 e. The fourth-order valence-corrected chi connectivity index (χ4v) is 3.50. The molecule has 1 aromatic carbocycles. The van der Waals surface area contributed by atoms with Crippen LogP contribution >= 0.6 is 11.8 Å². The number of rotatable bonds is 9. The molecule has 0 N–H and O–H groups in total. The van der Waals surface area contributed by atoms with Crippen LogP contribution in [0, 0.1) is 0 Å². The first kappa shape index (κ1) is 21.7. The molecular formula is C20H24N2O5S. The van der Waals surface area contributed by atoms with Crippen molar-refractivity contribution in [1.29, 1.82) is 0 Å². The maximum atomic E-state index is 12.6. The van der Waals surface area contributed by atoms with Crippen LogP contribution in [0.4, 0.5) is 4.79 Å². The maximum Gasteiger partial charge on any atom is 0.307 e. The molecule has 1 aliphatic rings. The number of imide groups is 1. The summed E-state index contributed by atoms with van der Waals surface area (Å²) >= 11 is 0.822. The zero-order valence-corrected chi connectivity index (χ0v) is 16.9. The normalized spacial score (nSPS) is 15.2. The average molecular weight is 404 g/mol. The lowest BCUT2D eigenvalue weighted by molar-refractivity contribution is -0.144. The minimum Gasteiger partial charge on any atom is -0.466 e. The van der Waals surface area contributed by atoms with Gasteiger partial charge in [0.05, 0.1) is 17.9 Å². The van der Waals surface area contributed by atoms with Crippen molar-refractivity contribution in [3.8, 4) is 0 Å². The molecule has 2 rings (SSSR count). The van der Waals surface area contributed by atoms with E-state index in [1.807, 2.05) is 37.3 Å². The van der Waals surface area contributed by atoms with Gasteiger partial charge in [-0.25, -0.2) is 0 Å². The molecule has 1 aromatic rings. The van der Waals surface area contributed by atoms with E-state index in [0.717, 1.165) is 22.2 Å². The molecule has 1 aliphatic heterocycles. The van der Waals surface area contributed by atoms with Gasteiger partial charge in [0.2, 0.25) is 5.91 Å². The Morgan fingerprint density at radius 1 is 1.14 bits per heavy atom. The van der Waals surface area contributed by atoms with E-state index in [-0.39, 0.29) is 42.9 Å². The van der Waals surface area contributed by atoms with Crippen molar-refractivity contribution >= 4 is 40.9 Å². The van der Waals surface area contributed by atoms with Gasteiger partial charge in [0.1, 0.15) is 6.54 Å². The van der Waals surface area contributed by atoms with Crippen molar-refractivity contribution in [2.24, 2.45) is 0 Å². The lowest BCUT2D eigenvalue weighted by atomic mass is 10.2. The molecule has 1 heterocycles. The maximum absolute atomic E-state index is 12.6. The molecule has 0 aliphatic carbocycles. The summed E-state index contributed by atoms with van der Waals surface area (Å²) in [4.78, 5) is 51.7. The minimum absolute atomic E-state index is 0.0788. The number of esters is 1. The Kier molecular flexibility index (Phi) is 8.25. The van der Waals surface area contributed by atoms with Crippen LogP contribution in [0.15, 0.2) is 35.2 Å². The third kappa shape index (κ3) is 5.95. The molecule has 0 radical (unpaired) electrons. The van der Waals surface area contributed by atoms with Crippen LogP contribution in [0.25, 0.3) is 6.08 Å². The lowest BCUT2D eigenvalue weighted by Crippen LogP contribution is -2.43. The fourth-order valence-electron chi connectivity index (χ4n) is 2.66. The fraction of sp³-hybridized carbons (Fsp3) is 0.400. The van der Waals surface area contributed by atoms with Crippen molar-refractivity contribution < 1.29 is 23.9 Å². The second-order valence-corrected chi connectivity index (χ2v) is 7.11. The zero-order chi connectivity index (χ0) is 20.5. The molecule has 1 fully saturated rings. The van der Waals surface area contributed by atoms with Crippen LogP contribution in [-0.2, 0) is 19.1 Å². The number of benzene rings is 1. The summed E-state index contributed by atoms with van der Waals surface area (Å²) in [7, 11) is 0.